The van der Waals surface area contributed by atoms with Gasteiger partial charge in [0.05, 0.1) is 10.7 Å². The van der Waals surface area contributed by atoms with E-state index in [2.05, 4.69) is 34.1 Å². The van der Waals surface area contributed by atoms with Crippen LogP contribution in [0.25, 0.3) is 0 Å². The predicted molar refractivity (Wildman–Crippen MR) is 124 cm³/mol. The first-order valence-corrected chi connectivity index (χ1v) is 11.3. The summed E-state index contributed by atoms with van der Waals surface area (Å²) in [6, 6.07) is 15.7. The zero-order valence-corrected chi connectivity index (χ0v) is 18.4. The second-order valence-corrected chi connectivity index (χ2v) is 8.49. The molecule has 0 bridgehead atoms. The van der Waals surface area contributed by atoms with Crippen LogP contribution >= 0.6 is 11.6 Å². The van der Waals surface area contributed by atoms with Crippen molar-refractivity contribution in [1.29, 1.82) is 0 Å². The number of rotatable bonds is 8. The van der Waals surface area contributed by atoms with E-state index in [0.29, 0.717) is 23.9 Å². The molecule has 3 aromatic rings. The first-order valence-electron chi connectivity index (χ1n) is 10.9. The molecule has 1 saturated heterocycles. The van der Waals surface area contributed by atoms with E-state index in [0.717, 1.165) is 18.7 Å². The highest BCUT2D eigenvalue weighted by atomic mass is 35.5. The van der Waals surface area contributed by atoms with Crippen molar-refractivity contribution in [2.45, 2.75) is 45.4 Å². The van der Waals surface area contributed by atoms with Crippen molar-refractivity contribution in [3.8, 4) is 5.75 Å². The van der Waals surface area contributed by atoms with Crippen LogP contribution < -0.4 is 10.3 Å². The van der Waals surface area contributed by atoms with Crippen molar-refractivity contribution in [2.75, 3.05) is 13.1 Å². The van der Waals surface area contributed by atoms with Crippen LogP contribution in [-0.4, -0.2) is 27.5 Å². The number of benzene rings is 1. The minimum Gasteiger partial charge on any atom is -0.487 e. The van der Waals surface area contributed by atoms with E-state index in [1.165, 1.54) is 49.5 Å². The molecule has 2 aromatic heterocycles. The van der Waals surface area contributed by atoms with Crippen molar-refractivity contribution in [2.24, 2.45) is 0 Å². The third kappa shape index (κ3) is 6.42. The Kier molecular flexibility index (Phi) is 7.39. The molecule has 1 aliphatic rings. The van der Waals surface area contributed by atoms with Gasteiger partial charge in [0.2, 0.25) is 0 Å². The molecule has 0 atom stereocenters. The molecule has 0 radical (unpaired) electrons. The lowest BCUT2D eigenvalue weighted by atomic mass is 10.1. The maximum Gasteiger partial charge on any atom is 0.254 e. The van der Waals surface area contributed by atoms with Gasteiger partial charge < -0.3 is 9.30 Å². The van der Waals surface area contributed by atoms with Gasteiger partial charge in [-0.3, -0.25) is 14.7 Å². The van der Waals surface area contributed by atoms with Gasteiger partial charge in [-0.25, -0.2) is 0 Å². The summed E-state index contributed by atoms with van der Waals surface area (Å²) in [5, 5.41) is 0.586. The van der Waals surface area contributed by atoms with Gasteiger partial charge in [-0.05, 0) is 61.7 Å². The van der Waals surface area contributed by atoms with Gasteiger partial charge in [0.25, 0.3) is 5.56 Å². The Morgan fingerprint density at radius 1 is 0.968 bits per heavy atom. The molecule has 162 valence electrons. The predicted octanol–water partition coefficient (Wildman–Crippen LogP) is 4.70. The fourth-order valence-corrected chi connectivity index (χ4v) is 3.96. The van der Waals surface area contributed by atoms with Gasteiger partial charge in [0.1, 0.15) is 12.4 Å². The largest absolute Gasteiger partial charge is 0.487 e. The molecule has 0 aliphatic carbocycles. The molecule has 3 heterocycles. The lowest BCUT2D eigenvalue weighted by Gasteiger charge is -2.26. The summed E-state index contributed by atoms with van der Waals surface area (Å²) in [5.41, 5.74) is 3.29. The summed E-state index contributed by atoms with van der Waals surface area (Å²) in [7, 11) is 0. The Balaban J connectivity index is 1.28. The first-order chi connectivity index (χ1) is 15.2. The summed E-state index contributed by atoms with van der Waals surface area (Å²) in [4.78, 5) is 19.2. The van der Waals surface area contributed by atoms with Gasteiger partial charge in [-0.1, -0.05) is 42.3 Å². The van der Waals surface area contributed by atoms with Gasteiger partial charge in [0.15, 0.2) is 0 Å². The number of pyridine rings is 2. The molecule has 1 aromatic carbocycles. The van der Waals surface area contributed by atoms with Crippen LogP contribution in [0.1, 0.15) is 36.1 Å². The Hall–Kier alpha value is -2.63. The molecule has 6 heteroatoms. The van der Waals surface area contributed by atoms with Crippen LogP contribution in [0.5, 0.6) is 5.75 Å². The van der Waals surface area contributed by atoms with E-state index < -0.39 is 0 Å². The third-order valence-corrected chi connectivity index (χ3v) is 5.89. The number of halogens is 1. The lowest BCUT2D eigenvalue weighted by molar-refractivity contribution is 0.221. The Bertz CT molecular complexity index is 1030. The van der Waals surface area contributed by atoms with E-state index in [9.17, 15) is 4.79 Å². The number of nitrogens with zero attached hydrogens (tertiary/aromatic N) is 3. The monoisotopic (exact) mass is 437 g/mol. The van der Waals surface area contributed by atoms with Crippen LogP contribution in [0.15, 0.2) is 65.7 Å². The molecule has 4 rings (SSSR count). The number of aromatic nitrogens is 2. The van der Waals surface area contributed by atoms with E-state index in [4.69, 9.17) is 16.3 Å². The van der Waals surface area contributed by atoms with Gasteiger partial charge in [-0.2, -0.15) is 0 Å². The normalized spacial score (nSPS) is 14.5. The summed E-state index contributed by atoms with van der Waals surface area (Å²) in [5.74, 6) is 0.542. The quantitative estimate of drug-likeness (QED) is 0.512. The molecule has 0 N–H and O–H groups in total. The number of ether oxygens (including phenoxy) is 1. The second-order valence-electron chi connectivity index (χ2n) is 8.05. The highest BCUT2D eigenvalue weighted by molar-refractivity contribution is 6.30. The van der Waals surface area contributed by atoms with Gasteiger partial charge >= 0.3 is 0 Å². The van der Waals surface area contributed by atoms with Crippen molar-refractivity contribution < 1.29 is 4.74 Å². The standard InChI is InChI=1S/C25H28ClN3O2/c26-22-8-9-23(27-17-22)19-31-24-11-15-29(25(30)16-24)14-10-20-4-6-21(7-5-20)18-28-12-2-1-3-13-28/h4-9,11,15-17H,1-3,10,12-14,18-19H2. The molecule has 0 spiro atoms. The first kappa shape index (κ1) is 21.6. The molecular weight excluding hydrogens is 410 g/mol. The SMILES string of the molecule is O=c1cc(OCc2ccc(Cl)cn2)ccn1CCc1ccc(CN2CCCCC2)cc1. The molecule has 0 saturated carbocycles. The van der Waals surface area contributed by atoms with Crippen LogP contribution in [0.2, 0.25) is 5.02 Å². The zero-order chi connectivity index (χ0) is 21.5. The average molecular weight is 438 g/mol. The summed E-state index contributed by atoms with van der Waals surface area (Å²) in [6.07, 6.45) is 8.18. The van der Waals surface area contributed by atoms with E-state index in [1.54, 1.807) is 29.1 Å². The molecule has 1 aliphatic heterocycles. The highest BCUT2D eigenvalue weighted by Crippen LogP contribution is 2.15. The van der Waals surface area contributed by atoms with E-state index >= 15 is 0 Å². The Labute approximate surface area is 188 Å². The van der Waals surface area contributed by atoms with Crippen LogP contribution in [0, 0.1) is 0 Å². The minimum atomic E-state index is -0.0664. The third-order valence-electron chi connectivity index (χ3n) is 5.66. The second kappa shape index (κ2) is 10.6. The molecular formula is C25H28ClN3O2. The number of piperidine rings is 1. The number of aryl methyl sites for hydroxylation is 2. The van der Waals surface area contributed by atoms with Crippen molar-refractivity contribution in [1.82, 2.24) is 14.5 Å². The van der Waals surface area contributed by atoms with Crippen LogP contribution in [0.4, 0.5) is 0 Å². The van der Waals surface area contributed by atoms with Gasteiger partial charge in [0, 0.05) is 31.5 Å². The number of hydrogen-bond acceptors (Lipinski definition) is 4. The minimum absolute atomic E-state index is 0.0664. The fourth-order valence-electron chi connectivity index (χ4n) is 3.85. The summed E-state index contributed by atoms with van der Waals surface area (Å²) in [6.45, 7) is 4.39. The lowest BCUT2D eigenvalue weighted by Crippen LogP contribution is -2.29. The van der Waals surface area contributed by atoms with Gasteiger partial charge in [-0.15, -0.1) is 0 Å². The Morgan fingerprint density at radius 2 is 1.74 bits per heavy atom. The van der Waals surface area contributed by atoms with E-state index in [1.807, 2.05) is 6.07 Å². The molecule has 5 nitrogen and oxygen atoms in total. The molecule has 1 fully saturated rings. The van der Waals surface area contributed by atoms with E-state index in [-0.39, 0.29) is 5.56 Å². The number of likely N-dealkylation sites (tertiary alicyclic amines) is 1. The zero-order valence-electron chi connectivity index (χ0n) is 17.7. The smallest absolute Gasteiger partial charge is 0.254 e. The van der Waals surface area contributed by atoms with Crippen LogP contribution in [-0.2, 0) is 26.1 Å². The number of hydrogen-bond donors (Lipinski definition) is 0. The molecule has 31 heavy (non-hydrogen) atoms. The van der Waals surface area contributed by atoms with Crippen molar-refractivity contribution in [3.63, 3.8) is 0 Å². The fraction of sp³-hybridized carbons (Fsp3) is 0.360. The van der Waals surface area contributed by atoms with Crippen molar-refractivity contribution in [3.05, 3.63) is 93.1 Å². The summed E-state index contributed by atoms with van der Waals surface area (Å²) >= 11 is 5.84. The maximum absolute atomic E-state index is 12.4. The summed E-state index contributed by atoms with van der Waals surface area (Å²) < 4.78 is 7.40. The van der Waals surface area contributed by atoms with Crippen LogP contribution in [0.3, 0.4) is 0 Å². The maximum atomic E-state index is 12.4. The Morgan fingerprint density at radius 3 is 2.45 bits per heavy atom. The van der Waals surface area contributed by atoms with Crippen molar-refractivity contribution >= 4 is 11.6 Å². The molecule has 0 amide bonds. The highest BCUT2D eigenvalue weighted by Gasteiger charge is 2.10. The molecule has 0 unspecified atom stereocenters. The topological polar surface area (TPSA) is 47.4 Å². The average Bonchev–Trinajstić information content (AvgIpc) is 2.80.